The van der Waals surface area contributed by atoms with Gasteiger partial charge in [0.25, 0.3) is 0 Å². The molecule has 2 saturated heterocycles. The van der Waals surface area contributed by atoms with E-state index >= 15 is 0 Å². The summed E-state index contributed by atoms with van der Waals surface area (Å²) < 4.78 is 0. The summed E-state index contributed by atoms with van der Waals surface area (Å²) in [6, 6.07) is 0. The van der Waals surface area contributed by atoms with Crippen molar-refractivity contribution in [3.63, 3.8) is 0 Å². The van der Waals surface area contributed by atoms with E-state index in [9.17, 15) is 0 Å². The Morgan fingerprint density at radius 3 is 2.60 bits per heavy atom. The predicted molar refractivity (Wildman–Crippen MR) is 63.6 cm³/mol. The molecule has 0 aromatic carbocycles. The Morgan fingerprint density at radius 2 is 2.00 bits per heavy atom. The molecule has 2 atom stereocenters. The molecule has 0 bridgehead atoms. The van der Waals surface area contributed by atoms with E-state index in [0.29, 0.717) is 12.3 Å². The van der Waals surface area contributed by atoms with Crippen LogP contribution < -0.4 is 10.6 Å². The summed E-state index contributed by atoms with van der Waals surface area (Å²) in [5, 5.41) is 7.33. The van der Waals surface area contributed by atoms with Crippen LogP contribution in [0.1, 0.15) is 46.5 Å². The van der Waals surface area contributed by atoms with Crippen molar-refractivity contribution in [2.24, 2.45) is 0 Å². The molecule has 0 saturated carbocycles. The van der Waals surface area contributed by atoms with Crippen molar-refractivity contribution in [2.75, 3.05) is 13.1 Å². The van der Waals surface area contributed by atoms with Gasteiger partial charge in [0.1, 0.15) is 0 Å². The van der Waals surface area contributed by atoms with Crippen molar-refractivity contribution >= 4 is 0 Å². The van der Waals surface area contributed by atoms with Gasteiger partial charge in [-0.15, -0.1) is 0 Å². The Hall–Kier alpha value is -0.120. The van der Waals surface area contributed by atoms with Gasteiger partial charge in [-0.3, -0.25) is 10.2 Å². The molecule has 0 radical (unpaired) electrons. The lowest BCUT2D eigenvalue weighted by molar-refractivity contribution is 0.120. The molecule has 88 valence electrons. The van der Waals surface area contributed by atoms with E-state index in [1.807, 2.05) is 0 Å². The summed E-state index contributed by atoms with van der Waals surface area (Å²) in [4.78, 5) is 2.62. The van der Waals surface area contributed by atoms with E-state index in [-0.39, 0.29) is 5.54 Å². The number of rotatable bonds is 2. The smallest absolute Gasteiger partial charge is 0.0615 e. The van der Waals surface area contributed by atoms with Gasteiger partial charge in [-0.2, -0.15) is 0 Å². The zero-order valence-corrected chi connectivity index (χ0v) is 10.3. The second kappa shape index (κ2) is 4.40. The number of hydrogen-bond donors (Lipinski definition) is 2. The fraction of sp³-hybridized carbons (Fsp3) is 1.00. The molecule has 15 heavy (non-hydrogen) atoms. The average molecular weight is 211 g/mol. The van der Waals surface area contributed by atoms with E-state index in [1.54, 1.807) is 0 Å². The van der Waals surface area contributed by atoms with Crippen LogP contribution in [0.3, 0.4) is 0 Å². The quantitative estimate of drug-likeness (QED) is 0.725. The topological polar surface area (TPSA) is 27.3 Å². The molecule has 2 aliphatic heterocycles. The molecule has 0 aromatic heterocycles. The lowest BCUT2D eigenvalue weighted by Gasteiger charge is -2.35. The summed E-state index contributed by atoms with van der Waals surface area (Å²) in [7, 11) is 0. The third-order valence-corrected chi connectivity index (χ3v) is 3.33. The minimum absolute atomic E-state index is 0.228. The summed E-state index contributed by atoms with van der Waals surface area (Å²) >= 11 is 0. The number of nitrogens with one attached hydrogen (secondary N) is 2. The number of likely N-dealkylation sites (tertiary alicyclic amines) is 1. The first-order valence-corrected chi connectivity index (χ1v) is 6.33. The molecule has 3 heteroatoms. The first kappa shape index (κ1) is 11.4. The maximum absolute atomic E-state index is 3.73. The Bertz CT molecular complexity index is 203. The Morgan fingerprint density at radius 1 is 1.20 bits per heavy atom. The van der Waals surface area contributed by atoms with Crippen LogP contribution in [0.4, 0.5) is 0 Å². The maximum atomic E-state index is 3.73. The Balaban J connectivity index is 1.92. The summed E-state index contributed by atoms with van der Waals surface area (Å²) in [6.45, 7) is 9.22. The van der Waals surface area contributed by atoms with E-state index in [1.165, 1.54) is 38.8 Å². The molecule has 2 heterocycles. The van der Waals surface area contributed by atoms with Crippen molar-refractivity contribution in [3.8, 4) is 0 Å². The van der Waals surface area contributed by atoms with E-state index in [0.717, 1.165) is 0 Å². The molecule has 0 aliphatic carbocycles. The van der Waals surface area contributed by atoms with Gasteiger partial charge in [-0.05, 0) is 53.0 Å². The van der Waals surface area contributed by atoms with Gasteiger partial charge in [-0.25, -0.2) is 0 Å². The second-order valence-corrected chi connectivity index (χ2v) is 5.90. The monoisotopic (exact) mass is 211 g/mol. The molecule has 0 aromatic rings. The summed E-state index contributed by atoms with van der Waals surface area (Å²) in [6.07, 6.45) is 6.51. The second-order valence-electron chi connectivity index (χ2n) is 5.90. The zero-order valence-electron chi connectivity index (χ0n) is 10.3. The largest absolute Gasteiger partial charge is 0.302 e. The van der Waals surface area contributed by atoms with E-state index < -0.39 is 0 Å². The highest BCUT2D eigenvalue weighted by Gasteiger charge is 2.33. The van der Waals surface area contributed by atoms with Crippen LogP contribution in [-0.2, 0) is 0 Å². The lowest BCUT2D eigenvalue weighted by atomic mass is 10.1. The van der Waals surface area contributed by atoms with Gasteiger partial charge in [0.2, 0.25) is 0 Å². The highest BCUT2D eigenvalue weighted by Crippen LogP contribution is 2.23. The molecule has 2 fully saturated rings. The Labute approximate surface area is 93.6 Å². The van der Waals surface area contributed by atoms with Crippen molar-refractivity contribution in [1.82, 2.24) is 15.5 Å². The third-order valence-electron chi connectivity index (χ3n) is 3.33. The van der Waals surface area contributed by atoms with Crippen LogP contribution >= 0.6 is 0 Å². The molecule has 0 amide bonds. The molecule has 2 unspecified atom stereocenters. The molecular weight excluding hydrogens is 186 g/mol. The van der Waals surface area contributed by atoms with Gasteiger partial charge < -0.3 is 5.32 Å². The van der Waals surface area contributed by atoms with Gasteiger partial charge in [-0.1, -0.05) is 0 Å². The highest BCUT2D eigenvalue weighted by molar-refractivity contribution is 4.88. The lowest BCUT2D eigenvalue weighted by Crippen LogP contribution is -2.55. The fourth-order valence-electron chi connectivity index (χ4n) is 2.77. The maximum Gasteiger partial charge on any atom is 0.0615 e. The van der Waals surface area contributed by atoms with E-state index in [2.05, 4.69) is 36.3 Å². The van der Waals surface area contributed by atoms with Crippen molar-refractivity contribution in [3.05, 3.63) is 0 Å². The van der Waals surface area contributed by atoms with E-state index in [4.69, 9.17) is 0 Å². The van der Waals surface area contributed by atoms with Gasteiger partial charge in [0, 0.05) is 12.1 Å². The number of hydrogen-bond acceptors (Lipinski definition) is 3. The SMILES string of the molecule is CC(C)(C)NC1CCCN1C1CCCN1. The molecule has 3 nitrogen and oxygen atoms in total. The molecule has 0 spiro atoms. The van der Waals surface area contributed by atoms with Crippen LogP contribution in [0.15, 0.2) is 0 Å². The normalized spacial score (nSPS) is 33.8. The van der Waals surface area contributed by atoms with Crippen LogP contribution in [0, 0.1) is 0 Å². The zero-order chi connectivity index (χ0) is 10.9. The number of nitrogens with zero attached hydrogens (tertiary/aromatic N) is 1. The molecular formula is C12H25N3. The van der Waals surface area contributed by atoms with Crippen LogP contribution in [0.5, 0.6) is 0 Å². The van der Waals surface area contributed by atoms with Crippen molar-refractivity contribution < 1.29 is 0 Å². The van der Waals surface area contributed by atoms with Crippen LogP contribution in [0.2, 0.25) is 0 Å². The Kier molecular flexibility index (Phi) is 3.33. The summed E-state index contributed by atoms with van der Waals surface area (Å²) in [5.41, 5.74) is 0.228. The molecule has 2 rings (SSSR count). The fourth-order valence-corrected chi connectivity index (χ4v) is 2.77. The van der Waals surface area contributed by atoms with Gasteiger partial charge >= 0.3 is 0 Å². The summed E-state index contributed by atoms with van der Waals surface area (Å²) in [5.74, 6) is 0. The van der Waals surface area contributed by atoms with Gasteiger partial charge in [0.05, 0.1) is 12.3 Å². The van der Waals surface area contributed by atoms with Gasteiger partial charge in [0.15, 0.2) is 0 Å². The average Bonchev–Trinajstić information content (AvgIpc) is 2.68. The standard InChI is InChI=1S/C12H25N3/c1-12(2,3)14-11-7-5-9-15(11)10-6-4-8-13-10/h10-11,13-14H,4-9H2,1-3H3. The highest BCUT2D eigenvalue weighted by atomic mass is 15.4. The first-order valence-electron chi connectivity index (χ1n) is 6.33. The molecule has 2 N–H and O–H groups in total. The first-order chi connectivity index (χ1) is 7.06. The van der Waals surface area contributed by atoms with Crippen molar-refractivity contribution in [2.45, 2.75) is 64.3 Å². The predicted octanol–water partition coefficient (Wildman–Crippen LogP) is 1.51. The van der Waals surface area contributed by atoms with Crippen LogP contribution in [-0.4, -0.2) is 35.9 Å². The van der Waals surface area contributed by atoms with Crippen molar-refractivity contribution in [1.29, 1.82) is 0 Å². The van der Waals surface area contributed by atoms with Crippen LogP contribution in [0.25, 0.3) is 0 Å². The molecule has 2 aliphatic rings. The minimum atomic E-state index is 0.228. The third kappa shape index (κ3) is 2.92. The minimum Gasteiger partial charge on any atom is -0.302 e.